The Morgan fingerprint density at radius 3 is 2.26 bits per heavy atom. The molecular formula is C17H19N3O3. The van der Waals surface area contributed by atoms with Crippen molar-refractivity contribution in [1.29, 1.82) is 0 Å². The lowest BCUT2D eigenvalue weighted by Crippen LogP contribution is -2.06. The molecule has 0 aliphatic heterocycles. The maximum atomic E-state index is 5.73. The van der Waals surface area contributed by atoms with Crippen molar-refractivity contribution in [2.45, 2.75) is 20.3 Å². The second-order valence-electron chi connectivity index (χ2n) is 5.05. The summed E-state index contributed by atoms with van der Waals surface area (Å²) in [5.41, 5.74) is 0.767. The van der Waals surface area contributed by atoms with Crippen LogP contribution in [0.15, 0.2) is 34.7 Å². The van der Waals surface area contributed by atoms with E-state index in [-0.39, 0.29) is 0 Å². The third-order valence-electron chi connectivity index (χ3n) is 3.63. The Kier molecular flexibility index (Phi) is 4.06. The molecule has 2 aromatic heterocycles. The number of hydrogen-bond acceptors (Lipinski definition) is 5. The molecule has 0 fully saturated rings. The summed E-state index contributed by atoms with van der Waals surface area (Å²) in [5, 5.41) is 8.60. The van der Waals surface area contributed by atoms with Crippen LogP contribution in [0.3, 0.4) is 0 Å². The molecule has 0 saturated heterocycles. The lowest BCUT2D eigenvalue weighted by atomic mass is 10.2. The van der Waals surface area contributed by atoms with Crippen molar-refractivity contribution in [1.82, 2.24) is 14.8 Å². The first-order valence-electron chi connectivity index (χ1n) is 7.42. The topological polar surface area (TPSA) is 62.3 Å². The standard InChI is InChI=1S/C17H19N3O3/c1-5-15-18-19-17(14-10-9-11(2)23-14)20(15)16-12(21-3)7-6-8-13(16)22-4/h6-10H,5H2,1-4H3. The lowest BCUT2D eigenvalue weighted by molar-refractivity contribution is 0.390. The van der Waals surface area contributed by atoms with Crippen molar-refractivity contribution in [3.63, 3.8) is 0 Å². The molecule has 0 amide bonds. The van der Waals surface area contributed by atoms with E-state index in [1.807, 2.05) is 48.7 Å². The number of hydrogen-bond donors (Lipinski definition) is 0. The molecule has 6 nitrogen and oxygen atoms in total. The monoisotopic (exact) mass is 313 g/mol. The van der Waals surface area contributed by atoms with Crippen LogP contribution in [0.25, 0.3) is 17.3 Å². The zero-order valence-electron chi connectivity index (χ0n) is 13.7. The SMILES string of the molecule is CCc1nnc(-c2ccc(C)o2)n1-c1c(OC)cccc1OC. The molecule has 2 heterocycles. The van der Waals surface area contributed by atoms with Gasteiger partial charge in [-0.05, 0) is 31.2 Å². The van der Waals surface area contributed by atoms with Crippen LogP contribution in [0, 0.1) is 6.92 Å². The third-order valence-corrected chi connectivity index (χ3v) is 3.63. The number of aryl methyl sites for hydroxylation is 2. The van der Waals surface area contributed by atoms with E-state index in [9.17, 15) is 0 Å². The highest BCUT2D eigenvalue weighted by atomic mass is 16.5. The van der Waals surface area contributed by atoms with E-state index in [4.69, 9.17) is 13.9 Å². The second-order valence-corrected chi connectivity index (χ2v) is 5.05. The zero-order valence-corrected chi connectivity index (χ0v) is 13.7. The molecule has 0 aliphatic rings. The van der Waals surface area contributed by atoms with Gasteiger partial charge in [0.1, 0.15) is 28.8 Å². The number of ether oxygens (including phenoxy) is 2. The first kappa shape index (κ1) is 15.1. The first-order valence-corrected chi connectivity index (χ1v) is 7.42. The molecule has 0 saturated carbocycles. The van der Waals surface area contributed by atoms with Crippen LogP contribution in [0.1, 0.15) is 18.5 Å². The molecule has 23 heavy (non-hydrogen) atoms. The summed E-state index contributed by atoms with van der Waals surface area (Å²) in [6.45, 7) is 3.92. The van der Waals surface area contributed by atoms with Crippen LogP contribution in [-0.4, -0.2) is 29.0 Å². The Hall–Kier alpha value is -2.76. The van der Waals surface area contributed by atoms with Crippen LogP contribution >= 0.6 is 0 Å². The van der Waals surface area contributed by atoms with Gasteiger partial charge in [0.25, 0.3) is 0 Å². The molecule has 0 atom stereocenters. The predicted octanol–water partition coefficient (Wildman–Crippen LogP) is 3.42. The van der Waals surface area contributed by atoms with Crippen molar-refractivity contribution in [3.8, 4) is 28.8 Å². The van der Waals surface area contributed by atoms with E-state index < -0.39 is 0 Å². The smallest absolute Gasteiger partial charge is 0.204 e. The molecule has 120 valence electrons. The number of rotatable bonds is 5. The fourth-order valence-electron chi connectivity index (χ4n) is 2.55. The molecule has 0 aliphatic carbocycles. The van der Waals surface area contributed by atoms with Crippen molar-refractivity contribution >= 4 is 0 Å². The van der Waals surface area contributed by atoms with Crippen LogP contribution < -0.4 is 9.47 Å². The Morgan fingerprint density at radius 1 is 1.04 bits per heavy atom. The average Bonchev–Trinajstić information content (AvgIpc) is 3.19. The summed E-state index contributed by atoms with van der Waals surface area (Å²) in [4.78, 5) is 0. The number of para-hydroxylation sites is 1. The summed E-state index contributed by atoms with van der Waals surface area (Å²) < 4.78 is 18.7. The highest BCUT2D eigenvalue weighted by molar-refractivity contribution is 5.63. The van der Waals surface area contributed by atoms with Crippen LogP contribution in [0.5, 0.6) is 11.5 Å². The van der Waals surface area contributed by atoms with E-state index in [2.05, 4.69) is 10.2 Å². The fourth-order valence-corrected chi connectivity index (χ4v) is 2.55. The highest BCUT2D eigenvalue weighted by Gasteiger charge is 2.22. The first-order chi connectivity index (χ1) is 11.2. The summed E-state index contributed by atoms with van der Waals surface area (Å²) >= 11 is 0. The molecule has 6 heteroatoms. The molecule has 1 aromatic carbocycles. The minimum absolute atomic E-state index is 0.623. The maximum absolute atomic E-state index is 5.73. The highest BCUT2D eigenvalue weighted by Crippen LogP contribution is 2.36. The largest absolute Gasteiger partial charge is 0.494 e. The van der Waals surface area contributed by atoms with Gasteiger partial charge in [0.15, 0.2) is 5.76 Å². The molecule has 0 N–H and O–H groups in total. The van der Waals surface area contributed by atoms with Crippen molar-refractivity contribution < 1.29 is 13.9 Å². The minimum atomic E-state index is 0.623. The summed E-state index contributed by atoms with van der Waals surface area (Å²) in [5.74, 6) is 4.27. The molecule has 3 rings (SSSR count). The van der Waals surface area contributed by atoms with Gasteiger partial charge in [-0.25, -0.2) is 0 Å². The Labute approximate surface area is 134 Å². The van der Waals surface area contributed by atoms with Gasteiger partial charge in [-0.3, -0.25) is 4.57 Å². The normalized spacial score (nSPS) is 10.8. The average molecular weight is 313 g/mol. The second kappa shape index (κ2) is 6.16. The number of aromatic nitrogens is 3. The van der Waals surface area contributed by atoms with Crippen LogP contribution in [0.4, 0.5) is 0 Å². The minimum Gasteiger partial charge on any atom is -0.494 e. The quantitative estimate of drug-likeness (QED) is 0.722. The zero-order chi connectivity index (χ0) is 16.4. The summed E-state index contributed by atoms with van der Waals surface area (Å²) in [6, 6.07) is 9.44. The van der Waals surface area contributed by atoms with Gasteiger partial charge in [0.05, 0.1) is 14.2 Å². The Morgan fingerprint density at radius 2 is 1.74 bits per heavy atom. The van der Waals surface area contributed by atoms with Gasteiger partial charge in [-0.1, -0.05) is 13.0 Å². The number of benzene rings is 1. The van der Waals surface area contributed by atoms with Crippen molar-refractivity contribution in [2.24, 2.45) is 0 Å². The number of nitrogens with zero attached hydrogens (tertiary/aromatic N) is 3. The lowest BCUT2D eigenvalue weighted by Gasteiger charge is -2.16. The van der Waals surface area contributed by atoms with Gasteiger partial charge < -0.3 is 13.9 Å². The van der Waals surface area contributed by atoms with E-state index in [1.165, 1.54) is 0 Å². The van der Waals surface area contributed by atoms with Gasteiger partial charge in [-0.15, -0.1) is 10.2 Å². The van der Waals surface area contributed by atoms with E-state index >= 15 is 0 Å². The van der Waals surface area contributed by atoms with Gasteiger partial charge in [0.2, 0.25) is 5.82 Å². The Bertz CT molecular complexity index is 798. The van der Waals surface area contributed by atoms with Crippen LogP contribution in [0.2, 0.25) is 0 Å². The number of furan rings is 1. The van der Waals surface area contributed by atoms with Crippen molar-refractivity contribution in [3.05, 3.63) is 41.9 Å². The third kappa shape index (κ3) is 2.56. The van der Waals surface area contributed by atoms with Gasteiger partial charge in [0, 0.05) is 6.42 Å². The Balaban J connectivity index is 2.30. The fraction of sp³-hybridized carbons (Fsp3) is 0.294. The van der Waals surface area contributed by atoms with Crippen LogP contribution in [-0.2, 0) is 6.42 Å². The maximum Gasteiger partial charge on any atom is 0.204 e. The van der Waals surface area contributed by atoms with E-state index in [0.29, 0.717) is 29.5 Å². The molecule has 3 aromatic rings. The summed E-state index contributed by atoms with van der Waals surface area (Å²) in [6.07, 6.45) is 0.716. The molecule has 0 radical (unpaired) electrons. The molecular weight excluding hydrogens is 294 g/mol. The molecule has 0 unspecified atom stereocenters. The van der Waals surface area contributed by atoms with Gasteiger partial charge >= 0.3 is 0 Å². The predicted molar refractivity (Wildman–Crippen MR) is 86.3 cm³/mol. The number of methoxy groups -OCH3 is 2. The molecule has 0 spiro atoms. The van der Waals surface area contributed by atoms with E-state index in [0.717, 1.165) is 17.3 Å². The molecule has 0 bridgehead atoms. The van der Waals surface area contributed by atoms with E-state index in [1.54, 1.807) is 14.2 Å². The summed E-state index contributed by atoms with van der Waals surface area (Å²) in [7, 11) is 3.26. The van der Waals surface area contributed by atoms with Crippen molar-refractivity contribution in [2.75, 3.05) is 14.2 Å². The van der Waals surface area contributed by atoms with Gasteiger partial charge in [-0.2, -0.15) is 0 Å².